The molecule has 9 heteroatoms. The highest BCUT2D eigenvalue weighted by atomic mass is 32.2. The van der Waals surface area contributed by atoms with Crippen molar-refractivity contribution in [2.24, 2.45) is 5.92 Å². The first-order valence-electron chi connectivity index (χ1n) is 8.21. The van der Waals surface area contributed by atoms with Crippen molar-refractivity contribution in [3.05, 3.63) is 59.7 Å². The van der Waals surface area contributed by atoms with Crippen LogP contribution in [-0.2, 0) is 10.0 Å². The number of carbonyl (C=O) groups excluding carboxylic acids is 1. The highest BCUT2D eigenvalue weighted by Gasteiger charge is 2.39. The molecule has 2 aromatic carbocycles. The van der Waals surface area contributed by atoms with Crippen molar-refractivity contribution in [3.63, 3.8) is 0 Å². The maximum atomic E-state index is 13.1. The van der Waals surface area contributed by atoms with Gasteiger partial charge in [0.25, 0.3) is 15.8 Å². The van der Waals surface area contributed by atoms with E-state index >= 15 is 0 Å². The standard InChI is InChI=1S/C19H17F3N2O3S/c1-13(2)12-24(28(26,27)17-5-3-4-14(10-17)11-23)16-8-6-15(7-9-16)18(25)19(20,21)22/h3-10,13H,12H2,1-2H3. The summed E-state index contributed by atoms with van der Waals surface area (Å²) < 4.78 is 64.9. The van der Waals surface area contributed by atoms with E-state index in [1.807, 2.05) is 6.07 Å². The van der Waals surface area contributed by atoms with Crippen molar-refractivity contribution < 1.29 is 26.4 Å². The summed E-state index contributed by atoms with van der Waals surface area (Å²) >= 11 is 0. The zero-order chi connectivity index (χ0) is 21.1. The average molecular weight is 410 g/mol. The van der Waals surface area contributed by atoms with Crippen LogP contribution >= 0.6 is 0 Å². The zero-order valence-electron chi connectivity index (χ0n) is 15.1. The molecule has 0 spiro atoms. The number of benzene rings is 2. The Morgan fingerprint density at radius 1 is 1.14 bits per heavy atom. The first-order chi connectivity index (χ1) is 13.0. The Balaban J connectivity index is 2.49. The van der Waals surface area contributed by atoms with E-state index in [0.29, 0.717) is 0 Å². The molecular weight excluding hydrogens is 393 g/mol. The Labute approximate surface area is 161 Å². The van der Waals surface area contributed by atoms with Gasteiger partial charge in [-0.2, -0.15) is 18.4 Å². The van der Waals surface area contributed by atoms with Gasteiger partial charge in [-0.1, -0.05) is 19.9 Å². The molecule has 0 heterocycles. The van der Waals surface area contributed by atoms with Crippen molar-refractivity contribution in [1.29, 1.82) is 5.26 Å². The monoisotopic (exact) mass is 410 g/mol. The highest BCUT2D eigenvalue weighted by Crippen LogP contribution is 2.28. The molecule has 0 saturated carbocycles. The number of nitriles is 1. The third-order valence-corrected chi connectivity index (χ3v) is 5.55. The second kappa shape index (κ2) is 8.02. The van der Waals surface area contributed by atoms with Gasteiger partial charge in [0, 0.05) is 12.1 Å². The van der Waals surface area contributed by atoms with Gasteiger partial charge in [0.1, 0.15) is 0 Å². The van der Waals surface area contributed by atoms with E-state index in [1.54, 1.807) is 13.8 Å². The molecule has 0 aliphatic rings. The van der Waals surface area contributed by atoms with Gasteiger partial charge in [0.05, 0.1) is 22.2 Å². The summed E-state index contributed by atoms with van der Waals surface area (Å²) in [6.07, 6.45) is -5.01. The lowest BCUT2D eigenvalue weighted by molar-refractivity contribution is -0.0885. The average Bonchev–Trinajstić information content (AvgIpc) is 2.64. The fraction of sp³-hybridized carbons (Fsp3) is 0.263. The zero-order valence-corrected chi connectivity index (χ0v) is 15.9. The molecule has 0 fully saturated rings. The van der Waals surface area contributed by atoms with Crippen molar-refractivity contribution in [2.45, 2.75) is 24.9 Å². The van der Waals surface area contributed by atoms with Crippen LogP contribution in [-0.4, -0.2) is 26.9 Å². The summed E-state index contributed by atoms with van der Waals surface area (Å²) in [6.45, 7) is 3.64. The lowest BCUT2D eigenvalue weighted by Gasteiger charge is -2.26. The predicted octanol–water partition coefficient (Wildman–Crippen LogP) is 4.15. The van der Waals surface area contributed by atoms with E-state index in [2.05, 4.69) is 0 Å². The number of rotatable bonds is 6. The number of Topliss-reactive ketones (excluding diaryl/α,β-unsaturated/α-hetero) is 1. The first-order valence-corrected chi connectivity index (χ1v) is 9.65. The Hall–Kier alpha value is -2.86. The highest BCUT2D eigenvalue weighted by molar-refractivity contribution is 7.92. The fourth-order valence-electron chi connectivity index (χ4n) is 2.47. The molecule has 148 valence electrons. The molecule has 0 N–H and O–H groups in total. The van der Waals surface area contributed by atoms with Crippen LogP contribution in [0.15, 0.2) is 53.4 Å². The quantitative estimate of drug-likeness (QED) is 0.670. The number of halogens is 3. The molecule has 0 saturated heterocycles. The Kier molecular flexibility index (Phi) is 6.14. The van der Waals surface area contributed by atoms with Crippen LogP contribution < -0.4 is 4.31 Å². The lowest BCUT2D eigenvalue weighted by atomic mass is 10.1. The molecule has 5 nitrogen and oxygen atoms in total. The third-order valence-electron chi connectivity index (χ3n) is 3.76. The molecule has 0 aromatic heterocycles. The molecular formula is C19H17F3N2O3S. The van der Waals surface area contributed by atoms with E-state index in [0.717, 1.165) is 28.6 Å². The molecule has 0 radical (unpaired) electrons. The number of nitrogens with zero attached hydrogens (tertiary/aromatic N) is 2. The van der Waals surface area contributed by atoms with E-state index in [4.69, 9.17) is 5.26 Å². The number of ketones is 1. The number of carbonyl (C=O) groups is 1. The minimum Gasteiger partial charge on any atom is -0.284 e. The van der Waals surface area contributed by atoms with Gasteiger partial charge >= 0.3 is 6.18 Å². The van der Waals surface area contributed by atoms with Gasteiger partial charge in [0.2, 0.25) is 0 Å². The minimum atomic E-state index is -5.01. The van der Waals surface area contributed by atoms with Crippen molar-refractivity contribution in [2.75, 3.05) is 10.8 Å². The van der Waals surface area contributed by atoms with Crippen LogP contribution in [0.25, 0.3) is 0 Å². The van der Waals surface area contributed by atoms with Gasteiger partial charge < -0.3 is 0 Å². The normalized spacial score (nSPS) is 11.9. The maximum absolute atomic E-state index is 13.1. The molecule has 28 heavy (non-hydrogen) atoms. The number of sulfonamides is 1. The van der Waals surface area contributed by atoms with Crippen LogP contribution in [0.3, 0.4) is 0 Å². The SMILES string of the molecule is CC(C)CN(c1ccc(C(=O)C(F)(F)F)cc1)S(=O)(=O)c1cccc(C#N)c1. The summed E-state index contributed by atoms with van der Waals surface area (Å²) in [7, 11) is -4.07. The number of anilines is 1. The third kappa shape index (κ3) is 4.70. The molecule has 0 aliphatic carbocycles. The lowest BCUT2D eigenvalue weighted by Crippen LogP contribution is -2.34. The molecule has 2 rings (SSSR count). The van der Waals surface area contributed by atoms with Crippen molar-refractivity contribution in [1.82, 2.24) is 0 Å². The Morgan fingerprint density at radius 2 is 1.75 bits per heavy atom. The molecule has 0 unspecified atom stereocenters. The van der Waals surface area contributed by atoms with Gasteiger partial charge in [-0.05, 0) is 48.4 Å². The number of hydrogen-bond donors (Lipinski definition) is 0. The second-order valence-corrected chi connectivity index (χ2v) is 8.31. The molecule has 0 atom stereocenters. The van der Waals surface area contributed by atoms with Crippen LogP contribution in [0.1, 0.15) is 29.8 Å². The summed E-state index contributed by atoms with van der Waals surface area (Å²) in [4.78, 5) is 11.2. The molecule has 0 aliphatic heterocycles. The Morgan fingerprint density at radius 3 is 2.25 bits per heavy atom. The minimum absolute atomic E-state index is 0.0612. The summed E-state index contributed by atoms with van der Waals surface area (Å²) in [6, 6.07) is 11.5. The van der Waals surface area contributed by atoms with Crippen LogP contribution in [0.2, 0.25) is 0 Å². The van der Waals surface area contributed by atoms with Crippen LogP contribution in [0.4, 0.5) is 18.9 Å². The van der Waals surface area contributed by atoms with Gasteiger partial charge in [-0.25, -0.2) is 8.42 Å². The predicted molar refractivity (Wildman–Crippen MR) is 97.4 cm³/mol. The van der Waals surface area contributed by atoms with E-state index in [9.17, 15) is 26.4 Å². The van der Waals surface area contributed by atoms with E-state index < -0.39 is 27.5 Å². The molecule has 0 amide bonds. The summed E-state index contributed by atoms with van der Waals surface area (Å²) in [5.74, 6) is -2.09. The fourth-order valence-corrected chi connectivity index (χ4v) is 4.14. The molecule has 2 aromatic rings. The van der Waals surface area contributed by atoms with E-state index in [1.165, 1.54) is 24.3 Å². The molecule has 0 bridgehead atoms. The van der Waals surface area contributed by atoms with Crippen molar-refractivity contribution in [3.8, 4) is 6.07 Å². The number of hydrogen-bond acceptors (Lipinski definition) is 4. The van der Waals surface area contributed by atoms with Crippen molar-refractivity contribution >= 4 is 21.5 Å². The first kappa shape index (κ1) is 21.4. The smallest absolute Gasteiger partial charge is 0.284 e. The maximum Gasteiger partial charge on any atom is 0.454 e. The Bertz CT molecular complexity index is 1010. The number of alkyl halides is 3. The van der Waals surface area contributed by atoms with E-state index in [-0.39, 0.29) is 28.6 Å². The van der Waals surface area contributed by atoms with Crippen LogP contribution in [0.5, 0.6) is 0 Å². The summed E-state index contributed by atoms with van der Waals surface area (Å²) in [5, 5.41) is 8.99. The summed E-state index contributed by atoms with van der Waals surface area (Å²) in [5.41, 5.74) is -0.295. The van der Waals surface area contributed by atoms with Gasteiger partial charge in [-0.15, -0.1) is 0 Å². The topological polar surface area (TPSA) is 78.2 Å². The largest absolute Gasteiger partial charge is 0.454 e. The second-order valence-electron chi connectivity index (χ2n) is 6.44. The van der Waals surface area contributed by atoms with Gasteiger partial charge in [-0.3, -0.25) is 9.10 Å². The van der Waals surface area contributed by atoms with Gasteiger partial charge in [0.15, 0.2) is 0 Å². The van der Waals surface area contributed by atoms with Crippen LogP contribution in [0, 0.1) is 17.2 Å².